The number of amides is 2. The Morgan fingerprint density at radius 2 is 1.95 bits per heavy atom. The zero-order valence-electron chi connectivity index (χ0n) is 23.9. The quantitative estimate of drug-likeness (QED) is 0.292. The molecule has 0 N–H and O–H groups in total. The second kappa shape index (κ2) is 12.7. The molecule has 0 aliphatic carbocycles. The van der Waals surface area contributed by atoms with Crippen LogP contribution in [0, 0.1) is 0 Å². The number of Topliss-reactive ketones (excluding diaryl/α,β-unsaturated/α-hetero) is 1. The molecule has 2 aliphatic rings. The average molecular weight is 593 g/mol. The van der Waals surface area contributed by atoms with Gasteiger partial charge >= 0.3 is 6.01 Å². The Morgan fingerprint density at radius 3 is 2.64 bits per heavy atom. The van der Waals surface area contributed by atoms with Crippen LogP contribution in [-0.4, -0.2) is 67.7 Å². The second-order valence-corrected chi connectivity index (χ2v) is 11.3. The SMILES string of the molecule is CCc1c(Oc2cccc(/C=C3/SC(=O)N(CC(C)=O)C3=O)c2)ncnc1OC1CCN(c2nc(C(C)C)no2)CC1. The topological polar surface area (TPSA) is 141 Å². The fourth-order valence-electron chi connectivity index (χ4n) is 4.57. The summed E-state index contributed by atoms with van der Waals surface area (Å²) < 4.78 is 17.9. The monoisotopic (exact) mass is 592 g/mol. The number of carbonyl (C=O) groups is 3. The van der Waals surface area contributed by atoms with Crippen molar-refractivity contribution in [3.05, 3.63) is 52.4 Å². The van der Waals surface area contributed by atoms with E-state index in [9.17, 15) is 14.4 Å². The van der Waals surface area contributed by atoms with Gasteiger partial charge in [-0.05, 0) is 48.9 Å². The number of anilines is 1. The molecule has 0 bridgehead atoms. The Morgan fingerprint density at radius 1 is 1.19 bits per heavy atom. The summed E-state index contributed by atoms with van der Waals surface area (Å²) in [6, 6.07) is 7.65. The van der Waals surface area contributed by atoms with E-state index in [4.69, 9.17) is 14.0 Å². The molecule has 2 fully saturated rings. The fourth-order valence-corrected chi connectivity index (χ4v) is 5.41. The van der Waals surface area contributed by atoms with Crippen LogP contribution in [-0.2, 0) is 16.0 Å². The van der Waals surface area contributed by atoms with Crippen LogP contribution >= 0.6 is 11.8 Å². The number of nitrogens with zero attached hydrogens (tertiary/aromatic N) is 6. The van der Waals surface area contributed by atoms with Gasteiger partial charge in [0.25, 0.3) is 11.1 Å². The minimum atomic E-state index is -0.486. The molecule has 4 heterocycles. The predicted octanol–water partition coefficient (Wildman–Crippen LogP) is 5.01. The third-order valence-electron chi connectivity index (χ3n) is 6.78. The van der Waals surface area contributed by atoms with Gasteiger partial charge in [-0.3, -0.25) is 19.3 Å². The molecular formula is C29H32N6O6S. The molecule has 0 atom stereocenters. The van der Waals surface area contributed by atoms with E-state index in [1.807, 2.05) is 20.8 Å². The van der Waals surface area contributed by atoms with Crippen LogP contribution in [0.25, 0.3) is 6.08 Å². The van der Waals surface area contributed by atoms with E-state index in [-0.39, 0.29) is 29.3 Å². The first-order valence-corrected chi connectivity index (χ1v) is 14.6. The smallest absolute Gasteiger partial charge is 0.324 e. The molecule has 2 amide bonds. The fraction of sp³-hybridized carbons (Fsp3) is 0.414. The first-order chi connectivity index (χ1) is 20.2. The number of rotatable bonds is 10. The number of hydrogen-bond acceptors (Lipinski definition) is 12. The number of ether oxygens (including phenoxy) is 2. The van der Waals surface area contributed by atoms with E-state index in [1.165, 1.54) is 13.3 Å². The average Bonchev–Trinajstić information content (AvgIpc) is 3.55. The van der Waals surface area contributed by atoms with Crippen LogP contribution < -0.4 is 14.4 Å². The number of benzene rings is 1. The van der Waals surface area contributed by atoms with E-state index in [1.54, 1.807) is 30.3 Å². The zero-order chi connectivity index (χ0) is 29.8. The Hall–Kier alpha value is -4.26. The van der Waals surface area contributed by atoms with Crippen LogP contribution in [0.15, 0.2) is 40.0 Å². The second-order valence-electron chi connectivity index (χ2n) is 10.4. The van der Waals surface area contributed by atoms with Gasteiger partial charge in [-0.1, -0.05) is 38.1 Å². The highest BCUT2D eigenvalue weighted by molar-refractivity contribution is 8.18. The first-order valence-electron chi connectivity index (χ1n) is 13.8. The third-order valence-corrected chi connectivity index (χ3v) is 7.69. The normalized spacial score (nSPS) is 17.0. The molecule has 13 heteroatoms. The molecule has 0 saturated carbocycles. The first kappa shape index (κ1) is 29.2. The van der Waals surface area contributed by atoms with Gasteiger partial charge in [-0.15, -0.1) is 0 Å². The summed E-state index contributed by atoms with van der Waals surface area (Å²) in [5, 5.41) is 3.60. The minimum absolute atomic E-state index is 0.0385. The summed E-state index contributed by atoms with van der Waals surface area (Å²) in [6.07, 6.45) is 5.11. The Kier molecular flexibility index (Phi) is 8.86. The van der Waals surface area contributed by atoms with E-state index in [2.05, 4.69) is 25.0 Å². The van der Waals surface area contributed by atoms with Crippen LogP contribution in [0.2, 0.25) is 0 Å². The van der Waals surface area contributed by atoms with Crippen molar-refractivity contribution in [3.63, 3.8) is 0 Å². The molecule has 1 aromatic carbocycles. The van der Waals surface area contributed by atoms with Crippen LogP contribution in [0.1, 0.15) is 63.4 Å². The molecule has 0 radical (unpaired) electrons. The van der Waals surface area contributed by atoms with Crippen molar-refractivity contribution < 1.29 is 28.4 Å². The molecule has 5 rings (SSSR count). The molecule has 2 saturated heterocycles. The summed E-state index contributed by atoms with van der Waals surface area (Å²) in [6.45, 7) is 8.59. The third kappa shape index (κ3) is 6.62. The maximum Gasteiger partial charge on any atom is 0.324 e. The number of carbonyl (C=O) groups excluding carboxylic acids is 3. The minimum Gasteiger partial charge on any atom is -0.474 e. The Bertz CT molecular complexity index is 1510. The maximum absolute atomic E-state index is 12.6. The van der Waals surface area contributed by atoms with E-state index < -0.39 is 11.1 Å². The molecular weight excluding hydrogens is 560 g/mol. The van der Waals surface area contributed by atoms with Crippen molar-refractivity contribution in [2.24, 2.45) is 0 Å². The van der Waals surface area contributed by atoms with Gasteiger partial charge in [0, 0.05) is 31.8 Å². The lowest BCUT2D eigenvalue weighted by molar-refractivity contribution is -0.127. The number of aromatic nitrogens is 4. The van der Waals surface area contributed by atoms with E-state index in [0.717, 1.165) is 48.2 Å². The highest BCUT2D eigenvalue weighted by Gasteiger charge is 2.35. The maximum atomic E-state index is 12.6. The lowest BCUT2D eigenvalue weighted by Crippen LogP contribution is -2.38. The number of imide groups is 1. The molecule has 42 heavy (non-hydrogen) atoms. The Balaban J connectivity index is 1.25. The number of ketones is 1. The number of hydrogen-bond donors (Lipinski definition) is 0. The van der Waals surface area contributed by atoms with Crippen LogP contribution in [0.4, 0.5) is 10.8 Å². The van der Waals surface area contributed by atoms with Gasteiger partial charge in [0.15, 0.2) is 5.82 Å². The van der Waals surface area contributed by atoms with Crippen LogP contribution in [0.3, 0.4) is 0 Å². The molecule has 0 unspecified atom stereocenters. The Labute approximate surface area is 247 Å². The molecule has 2 aromatic heterocycles. The van der Waals surface area contributed by atoms with Gasteiger partial charge in [-0.2, -0.15) is 4.98 Å². The van der Waals surface area contributed by atoms with Gasteiger partial charge < -0.3 is 18.9 Å². The highest BCUT2D eigenvalue weighted by atomic mass is 32.2. The standard InChI is InChI=1S/C29H32N6O6S/c1-5-22-25(39-20-9-11-34(12-10-20)28-32-24(17(2)3)33-41-28)30-16-31-26(22)40-21-8-6-7-19(13-21)14-23-27(37)35(15-18(4)36)29(38)42-23/h6-8,13-14,16-17,20H,5,9-12,15H2,1-4H3/b23-14+. The number of piperidine rings is 1. The molecule has 3 aromatic rings. The lowest BCUT2D eigenvalue weighted by atomic mass is 10.1. The zero-order valence-corrected chi connectivity index (χ0v) is 24.7. The molecule has 220 valence electrons. The van der Waals surface area contributed by atoms with Crippen molar-refractivity contribution in [2.75, 3.05) is 24.5 Å². The summed E-state index contributed by atoms with van der Waals surface area (Å²) in [4.78, 5) is 52.8. The predicted molar refractivity (Wildman–Crippen MR) is 156 cm³/mol. The van der Waals surface area contributed by atoms with E-state index in [0.29, 0.717) is 41.3 Å². The van der Waals surface area contributed by atoms with Gasteiger partial charge in [0.1, 0.15) is 24.0 Å². The lowest BCUT2D eigenvalue weighted by Gasteiger charge is -2.30. The molecule has 2 aliphatic heterocycles. The van der Waals surface area contributed by atoms with Crippen molar-refractivity contribution in [3.8, 4) is 17.5 Å². The summed E-state index contributed by atoms with van der Waals surface area (Å²) in [5.41, 5.74) is 1.41. The van der Waals surface area contributed by atoms with Crippen molar-refractivity contribution >= 4 is 40.8 Å². The van der Waals surface area contributed by atoms with Crippen molar-refractivity contribution in [2.45, 2.75) is 59.0 Å². The molecule has 0 spiro atoms. The van der Waals surface area contributed by atoms with Crippen LogP contribution in [0.5, 0.6) is 17.5 Å². The summed E-state index contributed by atoms with van der Waals surface area (Å²) in [7, 11) is 0. The largest absolute Gasteiger partial charge is 0.474 e. The van der Waals surface area contributed by atoms with E-state index >= 15 is 0 Å². The van der Waals surface area contributed by atoms with Gasteiger partial charge in [0.2, 0.25) is 11.8 Å². The molecule has 12 nitrogen and oxygen atoms in total. The number of thioether (sulfide) groups is 1. The summed E-state index contributed by atoms with van der Waals surface area (Å²) >= 11 is 0.807. The van der Waals surface area contributed by atoms with Crippen molar-refractivity contribution in [1.82, 2.24) is 25.0 Å². The van der Waals surface area contributed by atoms with Gasteiger partial charge in [-0.25, -0.2) is 9.97 Å². The van der Waals surface area contributed by atoms with Crippen molar-refractivity contribution in [1.29, 1.82) is 0 Å². The summed E-state index contributed by atoms with van der Waals surface area (Å²) in [5.74, 6) is 1.52. The van der Waals surface area contributed by atoms with Gasteiger partial charge in [0.05, 0.1) is 17.0 Å². The highest BCUT2D eigenvalue weighted by Crippen LogP contribution is 2.34.